The number of aromatic nitrogens is 2. The third kappa shape index (κ3) is 3.28. The fourth-order valence-corrected chi connectivity index (χ4v) is 2.03. The van der Waals surface area contributed by atoms with Gasteiger partial charge in [-0.05, 0) is 31.5 Å². The van der Waals surface area contributed by atoms with E-state index in [0.29, 0.717) is 11.1 Å². The highest BCUT2D eigenvalue weighted by molar-refractivity contribution is 5.95. The van der Waals surface area contributed by atoms with Gasteiger partial charge in [0.1, 0.15) is 5.82 Å². The average molecular weight is 291 g/mol. The van der Waals surface area contributed by atoms with Gasteiger partial charge in [0.25, 0.3) is 5.91 Å². The number of hydrogen-bond donors (Lipinski definition) is 2. The summed E-state index contributed by atoms with van der Waals surface area (Å²) in [6.45, 7) is 3.49. The van der Waals surface area contributed by atoms with Crippen LogP contribution < -0.4 is 5.32 Å². The van der Waals surface area contributed by atoms with E-state index in [-0.39, 0.29) is 11.7 Å². The van der Waals surface area contributed by atoms with Gasteiger partial charge in [-0.2, -0.15) is 5.10 Å². The predicted molar refractivity (Wildman–Crippen MR) is 76.2 cm³/mol. The fourth-order valence-electron chi connectivity index (χ4n) is 2.03. The van der Waals surface area contributed by atoms with Gasteiger partial charge in [0.05, 0.1) is 23.9 Å². The topological polar surface area (TPSA) is 67.2 Å². The van der Waals surface area contributed by atoms with Crippen molar-refractivity contribution in [3.05, 3.63) is 53.1 Å². The molecule has 0 spiro atoms. The SMILES string of the molecule is Cc1c(C(=O)NC(C)C(O)c2ccc(F)cc2)cnn1C. The Morgan fingerprint density at radius 2 is 2.00 bits per heavy atom. The van der Waals surface area contributed by atoms with Crippen molar-refractivity contribution in [1.29, 1.82) is 0 Å². The van der Waals surface area contributed by atoms with Gasteiger partial charge in [0, 0.05) is 12.7 Å². The molecule has 2 atom stereocenters. The monoisotopic (exact) mass is 291 g/mol. The van der Waals surface area contributed by atoms with Crippen LogP contribution in [0.25, 0.3) is 0 Å². The Bertz CT molecular complexity index is 637. The van der Waals surface area contributed by atoms with Gasteiger partial charge in [-0.1, -0.05) is 12.1 Å². The molecule has 1 amide bonds. The van der Waals surface area contributed by atoms with E-state index >= 15 is 0 Å². The minimum atomic E-state index is -0.911. The van der Waals surface area contributed by atoms with Crippen molar-refractivity contribution in [1.82, 2.24) is 15.1 Å². The van der Waals surface area contributed by atoms with Gasteiger partial charge in [-0.25, -0.2) is 4.39 Å². The van der Waals surface area contributed by atoms with Crippen molar-refractivity contribution in [2.45, 2.75) is 26.0 Å². The van der Waals surface area contributed by atoms with E-state index in [0.717, 1.165) is 5.69 Å². The average Bonchev–Trinajstić information content (AvgIpc) is 2.79. The molecule has 0 aliphatic carbocycles. The molecule has 1 aromatic carbocycles. The van der Waals surface area contributed by atoms with Gasteiger partial charge < -0.3 is 10.4 Å². The zero-order valence-corrected chi connectivity index (χ0v) is 12.2. The lowest BCUT2D eigenvalue weighted by Gasteiger charge is -2.20. The second kappa shape index (κ2) is 6.05. The molecule has 0 fully saturated rings. The molecule has 5 nitrogen and oxygen atoms in total. The van der Waals surface area contributed by atoms with Gasteiger partial charge in [-0.15, -0.1) is 0 Å². The summed E-state index contributed by atoms with van der Waals surface area (Å²) >= 11 is 0. The standard InChI is InChI=1S/C15H18FN3O2/c1-9(14(20)11-4-6-12(16)7-5-11)18-15(21)13-8-17-19(3)10(13)2/h4-9,14,20H,1-3H3,(H,18,21). The van der Waals surface area contributed by atoms with E-state index in [2.05, 4.69) is 10.4 Å². The Morgan fingerprint density at radius 3 is 2.52 bits per heavy atom. The number of aryl methyl sites for hydroxylation is 1. The highest BCUT2D eigenvalue weighted by atomic mass is 19.1. The maximum atomic E-state index is 12.9. The molecular formula is C15H18FN3O2. The zero-order valence-electron chi connectivity index (χ0n) is 12.2. The number of carbonyl (C=O) groups is 1. The summed E-state index contributed by atoms with van der Waals surface area (Å²) in [7, 11) is 1.75. The number of rotatable bonds is 4. The maximum absolute atomic E-state index is 12.9. The Balaban J connectivity index is 2.07. The number of hydrogen-bond acceptors (Lipinski definition) is 3. The van der Waals surface area contributed by atoms with Crippen molar-refractivity contribution in [2.24, 2.45) is 7.05 Å². The molecule has 2 unspecified atom stereocenters. The molecule has 112 valence electrons. The Kier molecular flexibility index (Phi) is 4.37. The first-order valence-corrected chi connectivity index (χ1v) is 6.63. The summed E-state index contributed by atoms with van der Waals surface area (Å²) in [5, 5.41) is 16.9. The van der Waals surface area contributed by atoms with Crippen LogP contribution in [0.1, 0.15) is 34.6 Å². The van der Waals surface area contributed by atoms with E-state index in [1.807, 2.05) is 0 Å². The molecule has 0 aliphatic heterocycles. The quantitative estimate of drug-likeness (QED) is 0.901. The molecule has 2 N–H and O–H groups in total. The van der Waals surface area contributed by atoms with E-state index in [9.17, 15) is 14.3 Å². The third-order valence-electron chi connectivity index (χ3n) is 3.52. The number of aliphatic hydroxyl groups is 1. The molecule has 2 rings (SSSR count). The van der Waals surface area contributed by atoms with E-state index in [1.165, 1.54) is 30.5 Å². The first-order chi connectivity index (χ1) is 9.90. The van der Waals surface area contributed by atoms with Crippen molar-refractivity contribution < 1.29 is 14.3 Å². The molecule has 6 heteroatoms. The van der Waals surface area contributed by atoms with Crippen LogP contribution in [-0.2, 0) is 7.05 Å². The molecule has 21 heavy (non-hydrogen) atoms. The largest absolute Gasteiger partial charge is 0.386 e. The van der Waals surface area contributed by atoms with Crippen molar-refractivity contribution >= 4 is 5.91 Å². The van der Waals surface area contributed by atoms with Crippen LogP contribution in [-0.4, -0.2) is 26.8 Å². The maximum Gasteiger partial charge on any atom is 0.255 e. The Morgan fingerprint density at radius 1 is 1.38 bits per heavy atom. The smallest absolute Gasteiger partial charge is 0.255 e. The first-order valence-electron chi connectivity index (χ1n) is 6.63. The van der Waals surface area contributed by atoms with E-state index < -0.39 is 12.1 Å². The van der Waals surface area contributed by atoms with Crippen LogP contribution in [0.2, 0.25) is 0 Å². The molecule has 0 radical (unpaired) electrons. The summed E-state index contributed by atoms with van der Waals surface area (Å²) in [5.74, 6) is -0.664. The summed E-state index contributed by atoms with van der Waals surface area (Å²) in [5.41, 5.74) is 1.76. The molecule has 0 saturated carbocycles. The Labute approximate surface area is 122 Å². The lowest BCUT2D eigenvalue weighted by molar-refractivity contribution is 0.0851. The second-order valence-corrected chi connectivity index (χ2v) is 5.03. The predicted octanol–water partition coefficient (Wildman–Crippen LogP) is 1.72. The lowest BCUT2D eigenvalue weighted by Crippen LogP contribution is -2.37. The zero-order chi connectivity index (χ0) is 15.6. The Hall–Kier alpha value is -2.21. The number of halogens is 1. The first kappa shape index (κ1) is 15.2. The van der Waals surface area contributed by atoms with Crippen molar-refractivity contribution in [3.63, 3.8) is 0 Å². The molecule has 1 aromatic heterocycles. The number of amides is 1. The van der Waals surface area contributed by atoms with E-state index in [1.54, 1.807) is 25.6 Å². The van der Waals surface area contributed by atoms with Gasteiger partial charge >= 0.3 is 0 Å². The van der Waals surface area contributed by atoms with E-state index in [4.69, 9.17) is 0 Å². The van der Waals surface area contributed by atoms with Crippen LogP contribution in [0.4, 0.5) is 4.39 Å². The summed E-state index contributed by atoms with van der Waals surface area (Å²) < 4.78 is 14.5. The number of nitrogens with zero attached hydrogens (tertiary/aromatic N) is 2. The number of benzene rings is 1. The normalized spacial score (nSPS) is 13.8. The van der Waals surface area contributed by atoms with Crippen LogP contribution in [0, 0.1) is 12.7 Å². The van der Waals surface area contributed by atoms with Crippen molar-refractivity contribution in [3.8, 4) is 0 Å². The van der Waals surface area contributed by atoms with Crippen LogP contribution in [0.3, 0.4) is 0 Å². The van der Waals surface area contributed by atoms with Crippen LogP contribution in [0.15, 0.2) is 30.5 Å². The number of nitrogens with one attached hydrogen (secondary N) is 1. The molecule has 1 heterocycles. The van der Waals surface area contributed by atoms with Crippen LogP contribution >= 0.6 is 0 Å². The molecular weight excluding hydrogens is 273 g/mol. The summed E-state index contributed by atoms with van der Waals surface area (Å²) in [6.07, 6.45) is 0.577. The van der Waals surface area contributed by atoms with Gasteiger partial charge in [0.2, 0.25) is 0 Å². The minimum Gasteiger partial charge on any atom is -0.386 e. The lowest BCUT2D eigenvalue weighted by atomic mass is 10.0. The number of aliphatic hydroxyl groups excluding tert-OH is 1. The summed E-state index contributed by atoms with van der Waals surface area (Å²) in [4.78, 5) is 12.1. The molecule has 0 aliphatic rings. The minimum absolute atomic E-state index is 0.297. The van der Waals surface area contributed by atoms with Crippen molar-refractivity contribution in [2.75, 3.05) is 0 Å². The van der Waals surface area contributed by atoms with Gasteiger partial charge in [-0.3, -0.25) is 9.48 Å². The highest BCUT2D eigenvalue weighted by Crippen LogP contribution is 2.17. The molecule has 0 bridgehead atoms. The third-order valence-corrected chi connectivity index (χ3v) is 3.52. The fraction of sp³-hybridized carbons (Fsp3) is 0.333. The summed E-state index contributed by atoms with van der Waals surface area (Å²) in [6, 6.07) is 5.04. The molecule has 0 saturated heterocycles. The van der Waals surface area contributed by atoms with Gasteiger partial charge in [0.15, 0.2) is 0 Å². The second-order valence-electron chi connectivity index (χ2n) is 5.03. The molecule has 2 aromatic rings. The highest BCUT2D eigenvalue weighted by Gasteiger charge is 2.21. The van der Waals surface area contributed by atoms with Crippen LogP contribution in [0.5, 0.6) is 0 Å². The number of carbonyl (C=O) groups excluding carboxylic acids is 1.